The molecule has 1 heterocycles. The molecule has 0 atom stereocenters. The van der Waals surface area contributed by atoms with Crippen molar-refractivity contribution in [2.45, 2.75) is 6.42 Å². The van der Waals surface area contributed by atoms with E-state index in [2.05, 4.69) is 0 Å². The Kier molecular flexibility index (Phi) is 4.18. The Labute approximate surface area is 118 Å². The molecule has 1 aromatic carbocycles. The van der Waals surface area contributed by atoms with Gasteiger partial charge in [0.15, 0.2) is 0 Å². The summed E-state index contributed by atoms with van der Waals surface area (Å²) in [6.45, 7) is 0. The maximum atomic E-state index is 13.6. The SMILES string of the molecule is O=C(O)C(=O)C=C(O)c1cocc1Cc1ccccc1F. The Morgan fingerprint density at radius 1 is 1.14 bits per heavy atom. The Morgan fingerprint density at radius 3 is 2.52 bits per heavy atom. The Hall–Kier alpha value is -2.89. The molecule has 108 valence electrons. The first kappa shape index (κ1) is 14.5. The number of carboxylic acids is 1. The third-order valence-corrected chi connectivity index (χ3v) is 2.84. The number of aliphatic hydroxyl groups is 1. The van der Waals surface area contributed by atoms with Crippen molar-refractivity contribution in [2.24, 2.45) is 0 Å². The number of aliphatic carboxylic acids is 1. The number of furan rings is 1. The van der Waals surface area contributed by atoms with E-state index in [1.807, 2.05) is 0 Å². The highest BCUT2D eigenvalue weighted by Gasteiger charge is 2.15. The summed E-state index contributed by atoms with van der Waals surface area (Å²) >= 11 is 0. The van der Waals surface area contributed by atoms with Gasteiger partial charge in [-0.25, -0.2) is 9.18 Å². The molecular weight excluding hydrogens is 279 g/mol. The molecule has 0 bridgehead atoms. The number of carbonyl (C=O) groups excluding carboxylic acids is 1. The molecule has 2 aromatic rings. The number of rotatable bonds is 5. The fourth-order valence-corrected chi connectivity index (χ4v) is 1.80. The van der Waals surface area contributed by atoms with Crippen molar-refractivity contribution in [1.29, 1.82) is 0 Å². The van der Waals surface area contributed by atoms with Crippen LogP contribution in [0, 0.1) is 5.82 Å². The van der Waals surface area contributed by atoms with Gasteiger partial charge in [0.1, 0.15) is 17.8 Å². The quantitative estimate of drug-likeness (QED) is 0.502. The van der Waals surface area contributed by atoms with Gasteiger partial charge in [0.25, 0.3) is 5.78 Å². The van der Waals surface area contributed by atoms with E-state index < -0.39 is 23.3 Å². The molecule has 0 saturated heterocycles. The van der Waals surface area contributed by atoms with E-state index in [4.69, 9.17) is 9.52 Å². The maximum absolute atomic E-state index is 13.6. The van der Waals surface area contributed by atoms with Crippen molar-refractivity contribution in [3.8, 4) is 0 Å². The van der Waals surface area contributed by atoms with E-state index in [1.165, 1.54) is 12.3 Å². The van der Waals surface area contributed by atoms with E-state index in [-0.39, 0.29) is 12.0 Å². The molecule has 0 unspecified atom stereocenters. The smallest absolute Gasteiger partial charge is 0.376 e. The number of halogens is 1. The third-order valence-electron chi connectivity index (χ3n) is 2.84. The van der Waals surface area contributed by atoms with Crippen molar-refractivity contribution in [1.82, 2.24) is 0 Å². The number of hydrogen-bond donors (Lipinski definition) is 2. The lowest BCUT2D eigenvalue weighted by atomic mass is 10.0. The van der Waals surface area contributed by atoms with Crippen LogP contribution in [0.5, 0.6) is 0 Å². The van der Waals surface area contributed by atoms with Crippen molar-refractivity contribution < 1.29 is 28.6 Å². The topological polar surface area (TPSA) is 87.7 Å². The van der Waals surface area contributed by atoms with Crippen molar-refractivity contribution in [3.63, 3.8) is 0 Å². The lowest BCUT2D eigenvalue weighted by molar-refractivity contribution is -0.146. The van der Waals surface area contributed by atoms with Crippen molar-refractivity contribution >= 4 is 17.5 Å². The molecule has 0 fully saturated rings. The Morgan fingerprint density at radius 2 is 1.86 bits per heavy atom. The zero-order valence-corrected chi connectivity index (χ0v) is 10.7. The first-order chi connectivity index (χ1) is 9.99. The van der Waals surface area contributed by atoms with Gasteiger partial charge in [0, 0.05) is 18.1 Å². The van der Waals surface area contributed by atoms with Gasteiger partial charge in [0.05, 0.1) is 11.8 Å². The van der Waals surface area contributed by atoms with E-state index in [1.54, 1.807) is 18.2 Å². The summed E-state index contributed by atoms with van der Waals surface area (Å²) in [6.07, 6.45) is 3.18. The number of ketones is 1. The summed E-state index contributed by atoms with van der Waals surface area (Å²) in [5, 5.41) is 18.3. The van der Waals surface area contributed by atoms with Gasteiger partial charge in [-0.05, 0) is 11.6 Å². The lowest BCUT2D eigenvalue weighted by Crippen LogP contribution is -2.09. The maximum Gasteiger partial charge on any atom is 0.376 e. The highest BCUT2D eigenvalue weighted by molar-refractivity contribution is 6.38. The standard InChI is InChI=1S/C15H11FO5/c16-12-4-2-1-3-9(12)5-10-7-21-8-11(10)13(17)6-14(18)15(19)20/h1-4,6-8,17H,5H2,(H,19,20). The van der Waals surface area contributed by atoms with Crippen LogP contribution in [0.15, 0.2) is 47.3 Å². The number of carbonyl (C=O) groups is 2. The predicted molar refractivity (Wildman–Crippen MR) is 71.2 cm³/mol. The summed E-state index contributed by atoms with van der Waals surface area (Å²) in [4.78, 5) is 21.5. The molecule has 0 aliphatic rings. The van der Waals surface area contributed by atoms with Crippen molar-refractivity contribution in [3.05, 3.63) is 65.4 Å². The summed E-state index contributed by atoms with van der Waals surface area (Å²) in [5.74, 6) is -3.89. The fraction of sp³-hybridized carbons (Fsp3) is 0.0667. The van der Waals surface area contributed by atoms with Gasteiger partial charge in [-0.3, -0.25) is 4.79 Å². The molecule has 0 radical (unpaired) electrons. The van der Waals surface area contributed by atoms with Crippen LogP contribution in [0.1, 0.15) is 16.7 Å². The van der Waals surface area contributed by atoms with Gasteiger partial charge >= 0.3 is 5.97 Å². The molecule has 0 amide bonds. The molecule has 1 aromatic heterocycles. The highest BCUT2D eigenvalue weighted by atomic mass is 19.1. The van der Waals surface area contributed by atoms with E-state index in [0.717, 1.165) is 6.26 Å². The van der Waals surface area contributed by atoms with Crippen LogP contribution in [0.3, 0.4) is 0 Å². The second kappa shape index (κ2) is 6.04. The molecule has 6 heteroatoms. The van der Waals surface area contributed by atoms with Gasteiger partial charge in [-0.2, -0.15) is 0 Å². The van der Waals surface area contributed by atoms with Gasteiger partial charge in [-0.15, -0.1) is 0 Å². The van der Waals surface area contributed by atoms with E-state index in [9.17, 15) is 19.1 Å². The van der Waals surface area contributed by atoms with E-state index >= 15 is 0 Å². The fourth-order valence-electron chi connectivity index (χ4n) is 1.80. The van der Waals surface area contributed by atoms with Crippen LogP contribution in [0.2, 0.25) is 0 Å². The van der Waals surface area contributed by atoms with Crippen molar-refractivity contribution in [2.75, 3.05) is 0 Å². The summed E-state index contributed by atoms with van der Waals surface area (Å²) < 4.78 is 18.5. The Bertz CT molecular complexity index is 714. The number of aliphatic hydroxyl groups excluding tert-OH is 1. The number of hydrogen-bond acceptors (Lipinski definition) is 4. The lowest BCUT2D eigenvalue weighted by Gasteiger charge is -2.03. The minimum Gasteiger partial charge on any atom is -0.507 e. The molecule has 5 nitrogen and oxygen atoms in total. The molecule has 0 aliphatic heterocycles. The summed E-state index contributed by atoms with van der Waals surface area (Å²) in [6, 6.07) is 6.11. The molecule has 2 N–H and O–H groups in total. The second-order valence-corrected chi connectivity index (χ2v) is 4.28. The normalized spacial score (nSPS) is 11.4. The van der Waals surface area contributed by atoms with Crippen LogP contribution in [0.4, 0.5) is 4.39 Å². The first-order valence-corrected chi connectivity index (χ1v) is 5.96. The molecule has 0 aliphatic carbocycles. The monoisotopic (exact) mass is 290 g/mol. The molecule has 21 heavy (non-hydrogen) atoms. The number of benzene rings is 1. The van der Waals surface area contributed by atoms with Gasteiger partial charge in [-0.1, -0.05) is 18.2 Å². The van der Waals surface area contributed by atoms with Crippen LogP contribution in [-0.4, -0.2) is 22.0 Å². The molecule has 2 rings (SSSR count). The second-order valence-electron chi connectivity index (χ2n) is 4.28. The predicted octanol–water partition coefficient (Wildman–Crippen LogP) is 2.56. The first-order valence-electron chi connectivity index (χ1n) is 5.96. The average molecular weight is 290 g/mol. The van der Waals surface area contributed by atoms with Crippen LogP contribution < -0.4 is 0 Å². The number of carboxylic acid groups (broad SMARTS) is 1. The zero-order valence-electron chi connectivity index (χ0n) is 10.7. The minimum absolute atomic E-state index is 0.137. The third kappa shape index (κ3) is 3.36. The molecule has 0 saturated carbocycles. The van der Waals surface area contributed by atoms with Crippen LogP contribution in [0.25, 0.3) is 5.76 Å². The minimum atomic E-state index is -1.68. The summed E-state index contributed by atoms with van der Waals surface area (Å²) in [5.41, 5.74) is 0.970. The van der Waals surface area contributed by atoms with Crippen LogP contribution >= 0.6 is 0 Å². The van der Waals surface area contributed by atoms with Gasteiger partial charge in [0.2, 0.25) is 0 Å². The van der Waals surface area contributed by atoms with Crippen LogP contribution in [-0.2, 0) is 16.0 Å². The molecule has 0 spiro atoms. The van der Waals surface area contributed by atoms with Gasteiger partial charge < -0.3 is 14.6 Å². The average Bonchev–Trinajstić information content (AvgIpc) is 2.89. The highest BCUT2D eigenvalue weighted by Crippen LogP contribution is 2.22. The van der Waals surface area contributed by atoms with E-state index in [0.29, 0.717) is 17.2 Å². The zero-order chi connectivity index (χ0) is 15.4. The molecular formula is C15H11FO5. The largest absolute Gasteiger partial charge is 0.507 e. The summed E-state index contributed by atoms with van der Waals surface area (Å²) in [7, 11) is 0. The Balaban J connectivity index is 2.29.